The van der Waals surface area contributed by atoms with Crippen LogP contribution in [0.5, 0.6) is 0 Å². The van der Waals surface area contributed by atoms with Crippen LogP contribution < -0.4 is 11.5 Å². The number of unbranched alkanes of at least 4 members (excludes halogenated alkanes) is 15. The maximum Gasteiger partial charge on any atom is 0.326 e. The second kappa shape index (κ2) is 21.6. The summed E-state index contributed by atoms with van der Waals surface area (Å²) < 4.78 is 0. The van der Waals surface area contributed by atoms with E-state index in [4.69, 9.17) is 11.5 Å². The van der Waals surface area contributed by atoms with Crippen molar-refractivity contribution < 1.29 is 19.5 Å². The second-order valence-corrected chi connectivity index (χ2v) is 10.5. The van der Waals surface area contributed by atoms with Gasteiger partial charge in [0, 0.05) is 13.0 Å². The molecule has 0 aliphatic carbocycles. The minimum Gasteiger partial charge on any atom is -0.480 e. The third kappa shape index (κ3) is 17.4. The summed E-state index contributed by atoms with van der Waals surface area (Å²) in [6.45, 7) is 6.28. The van der Waals surface area contributed by atoms with Gasteiger partial charge in [-0.3, -0.25) is 9.59 Å². The highest BCUT2D eigenvalue weighted by atomic mass is 16.4. The fourth-order valence-corrected chi connectivity index (χ4v) is 4.42. The Balaban J connectivity index is 4.16. The summed E-state index contributed by atoms with van der Waals surface area (Å²) in [5, 5.41) is 9.67. The van der Waals surface area contributed by atoms with Crippen LogP contribution in [0.1, 0.15) is 136 Å². The third-order valence-electron chi connectivity index (χ3n) is 6.86. The largest absolute Gasteiger partial charge is 0.480 e. The zero-order valence-corrected chi connectivity index (χ0v) is 22.9. The summed E-state index contributed by atoms with van der Waals surface area (Å²) in [5.74, 6) is -2.15. The Kier molecular flexibility index (Phi) is 20.6. The third-order valence-corrected chi connectivity index (χ3v) is 6.86. The molecule has 206 valence electrons. The van der Waals surface area contributed by atoms with Gasteiger partial charge in [0.05, 0.1) is 6.04 Å². The second-order valence-electron chi connectivity index (χ2n) is 10.5. The van der Waals surface area contributed by atoms with E-state index in [1.54, 1.807) is 0 Å². The first-order valence-corrected chi connectivity index (χ1v) is 14.3. The van der Waals surface area contributed by atoms with Crippen molar-refractivity contribution in [2.24, 2.45) is 17.4 Å². The average molecular weight is 498 g/mol. The number of primary amides is 1. The van der Waals surface area contributed by atoms with Crippen LogP contribution in [0.25, 0.3) is 0 Å². The van der Waals surface area contributed by atoms with E-state index >= 15 is 0 Å². The number of nitrogens with zero attached hydrogens (tertiary/aromatic N) is 1. The predicted molar refractivity (Wildman–Crippen MR) is 144 cm³/mol. The molecule has 0 saturated heterocycles. The lowest BCUT2D eigenvalue weighted by molar-refractivity contribution is -0.151. The molecule has 5 N–H and O–H groups in total. The van der Waals surface area contributed by atoms with Gasteiger partial charge in [-0.05, 0) is 18.8 Å². The molecule has 0 fully saturated rings. The highest BCUT2D eigenvalue weighted by molar-refractivity contribution is 5.87. The molecule has 0 aromatic heterocycles. The monoisotopic (exact) mass is 497 g/mol. The SMILES string of the molecule is CCCCCCCCCCCCCCCCCCN(C(=O)[C@H](N)C(C)C)[C@@H](CCC(N)=O)C(=O)O. The molecule has 35 heavy (non-hydrogen) atoms. The lowest BCUT2D eigenvalue weighted by Gasteiger charge is -2.32. The highest BCUT2D eigenvalue weighted by Crippen LogP contribution is 2.16. The van der Waals surface area contributed by atoms with Gasteiger partial charge < -0.3 is 21.5 Å². The van der Waals surface area contributed by atoms with E-state index < -0.39 is 24.0 Å². The van der Waals surface area contributed by atoms with Crippen molar-refractivity contribution in [3.8, 4) is 0 Å². The Labute approximate surface area is 214 Å². The van der Waals surface area contributed by atoms with Crippen molar-refractivity contribution in [3.05, 3.63) is 0 Å². The first-order chi connectivity index (χ1) is 16.7. The maximum absolute atomic E-state index is 12.9. The zero-order chi connectivity index (χ0) is 26.5. The Morgan fingerprint density at radius 1 is 0.743 bits per heavy atom. The van der Waals surface area contributed by atoms with Gasteiger partial charge in [0.25, 0.3) is 0 Å². The van der Waals surface area contributed by atoms with Crippen molar-refractivity contribution in [1.82, 2.24) is 4.90 Å². The summed E-state index contributed by atoms with van der Waals surface area (Å²) in [6.07, 6.45) is 20.0. The first-order valence-electron chi connectivity index (χ1n) is 14.3. The number of rotatable bonds is 24. The average Bonchev–Trinajstić information content (AvgIpc) is 2.81. The van der Waals surface area contributed by atoms with Crippen LogP contribution in [-0.2, 0) is 14.4 Å². The number of hydrogen-bond donors (Lipinski definition) is 3. The van der Waals surface area contributed by atoms with Gasteiger partial charge in [0.1, 0.15) is 6.04 Å². The van der Waals surface area contributed by atoms with Crippen LogP contribution in [0, 0.1) is 5.92 Å². The first kappa shape index (κ1) is 33.4. The maximum atomic E-state index is 12.9. The van der Waals surface area contributed by atoms with Crippen molar-refractivity contribution in [2.45, 2.75) is 148 Å². The molecule has 7 nitrogen and oxygen atoms in total. The molecule has 2 amide bonds. The molecule has 0 saturated carbocycles. The van der Waals surface area contributed by atoms with Crippen LogP contribution in [0.3, 0.4) is 0 Å². The smallest absolute Gasteiger partial charge is 0.326 e. The van der Waals surface area contributed by atoms with Crippen LogP contribution in [-0.4, -0.2) is 46.4 Å². The van der Waals surface area contributed by atoms with Crippen LogP contribution >= 0.6 is 0 Å². The van der Waals surface area contributed by atoms with Gasteiger partial charge in [-0.2, -0.15) is 0 Å². The number of carbonyl (C=O) groups is 3. The van der Waals surface area contributed by atoms with E-state index in [1.807, 2.05) is 13.8 Å². The molecule has 0 aliphatic rings. The van der Waals surface area contributed by atoms with E-state index in [2.05, 4.69) is 6.92 Å². The highest BCUT2D eigenvalue weighted by Gasteiger charge is 2.33. The zero-order valence-electron chi connectivity index (χ0n) is 22.9. The fourth-order valence-electron chi connectivity index (χ4n) is 4.42. The van der Waals surface area contributed by atoms with E-state index in [0.717, 1.165) is 19.3 Å². The van der Waals surface area contributed by atoms with Crippen molar-refractivity contribution >= 4 is 17.8 Å². The molecule has 2 atom stereocenters. The molecule has 7 heteroatoms. The van der Waals surface area contributed by atoms with Gasteiger partial charge in [0.15, 0.2) is 0 Å². The van der Waals surface area contributed by atoms with Crippen molar-refractivity contribution in [1.29, 1.82) is 0 Å². The lowest BCUT2D eigenvalue weighted by Crippen LogP contribution is -2.53. The van der Waals surface area contributed by atoms with Gasteiger partial charge in [0.2, 0.25) is 11.8 Å². The van der Waals surface area contributed by atoms with Crippen LogP contribution in [0.2, 0.25) is 0 Å². The summed E-state index contributed by atoms with van der Waals surface area (Å²) >= 11 is 0. The summed E-state index contributed by atoms with van der Waals surface area (Å²) in [7, 11) is 0. The number of carbonyl (C=O) groups excluding carboxylic acids is 2. The van der Waals surface area contributed by atoms with Crippen LogP contribution in [0.15, 0.2) is 0 Å². The summed E-state index contributed by atoms with van der Waals surface area (Å²) in [5.41, 5.74) is 11.2. The molecule has 0 radical (unpaired) electrons. The fraction of sp³-hybridized carbons (Fsp3) is 0.893. The molecule has 0 spiro atoms. The topological polar surface area (TPSA) is 127 Å². The number of nitrogens with two attached hydrogens (primary N) is 2. The quantitative estimate of drug-likeness (QED) is 0.146. The minimum atomic E-state index is -1.12. The molecule has 0 aliphatic heterocycles. The Morgan fingerprint density at radius 3 is 1.49 bits per heavy atom. The summed E-state index contributed by atoms with van der Waals surface area (Å²) in [4.78, 5) is 37.3. The predicted octanol–water partition coefficient (Wildman–Crippen LogP) is 5.78. The minimum absolute atomic E-state index is 0.0140. The molecular formula is C28H55N3O4. The molecule has 0 unspecified atom stereocenters. The molecule has 0 bridgehead atoms. The standard InChI is InChI=1S/C28H55N3O4/c1-4-5-6-7-8-9-10-11-12-13-14-15-16-17-18-19-22-31(27(33)26(30)23(2)3)24(28(34)35)20-21-25(29)32/h23-24,26H,4-22,30H2,1-3H3,(H2,29,32)(H,34,35)/t24-,26+/m0/s1. The number of carboxylic acid groups (broad SMARTS) is 1. The van der Waals surface area contributed by atoms with Crippen molar-refractivity contribution in [3.63, 3.8) is 0 Å². The Morgan fingerprint density at radius 2 is 1.14 bits per heavy atom. The van der Waals surface area contributed by atoms with Crippen LogP contribution in [0.4, 0.5) is 0 Å². The molecule has 0 rings (SSSR count). The van der Waals surface area contributed by atoms with Gasteiger partial charge in [-0.25, -0.2) is 4.79 Å². The normalized spacial score (nSPS) is 13.1. The van der Waals surface area contributed by atoms with Gasteiger partial charge in [-0.1, -0.05) is 117 Å². The molecule has 0 heterocycles. The number of carboxylic acids is 1. The summed E-state index contributed by atoms with van der Waals surface area (Å²) in [6, 6.07) is -1.83. The van der Waals surface area contributed by atoms with E-state index in [9.17, 15) is 19.5 Å². The van der Waals surface area contributed by atoms with Crippen molar-refractivity contribution in [2.75, 3.05) is 6.54 Å². The Bertz CT molecular complexity index is 568. The molecule has 0 aromatic rings. The molecular weight excluding hydrogens is 442 g/mol. The van der Waals surface area contributed by atoms with E-state index in [0.29, 0.717) is 6.54 Å². The lowest BCUT2D eigenvalue weighted by atomic mass is 10.0. The van der Waals surface area contributed by atoms with E-state index in [1.165, 1.54) is 88.4 Å². The van der Waals surface area contributed by atoms with Gasteiger partial charge in [-0.15, -0.1) is 0 Å². The number of aliphatic carboxylic acids is 1. The Hall–Kier alpha value is -1.63. The molecule has 0 aromatic carbocycles. The van der Waals surface area contributed by atoms with E-state index in [-0.39, 0.29) is 24.7 Å². The number of hydrogen-bond acceptors (Lipinski definition) is 4. The number of amides is 2. The van der Waals surface area contributed by atoms with Gasteiger partial charge >= 0.3 is 5.97 Å².